The highest BCUT2D eigenvalue weighted by atomic mass is 16.1. The number of aryl methyl sites for hydroxylation is 1. The van der Waals surface area contributed by atoms with Gasteiger partial charge in [0.05, 0.1) is 11.7 Å². The number of benzene rings is 1. The minimum absolute atomic E-state index is 0.0244. The lowest BCUT2D eigenvalue weighted by Crippen LogP contribution is -2.18. The summed E-state index contributed by atoms with van der Waals surface area (Å²) in [6, 6.07) is 9.78. The lowest BCUT2D eigenvalue weighted by atomic mass is 10.1. The van der Waals surface area contributed by atoms with Crippen LogP contribution in [0.2, 0.25) is 0 Å². The molecule has 4 rings (SSSR count). The number of Topliss-reactive ketones (excluding diaryl/α,β-unsaturated/α-hetero) is 1. The SMILES string of the molecule is Cc1cc(C(=O)Cn2ncc(=O)c3ccccc32)c(C)n1C1CC1. The van der Waals surface area contributed by atoms with Crippen molar-refractivity contribution >= 4 is 16.7 Å². The van der Waals surface area contributed by atoms with E-state index in [2.05, 4.69) is 16.6 Å². The third-order valence-electron chi connectivity index (χ3n) is 4.75. The molecule has 3 aromatic rings. The van der Waals surface area contributed by atoms with Gasteiger partial charge in [-0.25, -0.2) is 0 Å². The quantitative estimate of drug-likeness (QED) is 0.694. The first-order valence-corrected chi connectivity index (χ1v) is 8.23. The maximum atomic E-state index is 12.8. The van der Waals surface area contributed by atoms with Crippen molar-refractivity contribution in [2.75, 3.05) is 0 Å². The van der Waals surface area contributed by atoms with Gasteiger partial charge in [0.15, 0.2) is 5.78 Å². The first-order valence-electron chi connectivity index (χ1n) is 8.23. The number of carbonyl (C=O) groups is 1. The molecule has 0 aliphatic heterocycles. The lowest BCUT2D eigenvalue weighted by Gasteiger charge is -2.09. The highest BCUT2D eigenvalue weighted by Crippen LogP contribution is 2.38. The van der Waals surface area contributed by atoms with Crippen molar-refractivity contribution in [2.24, 2.45) is 0 Å². The summed E-state index contributed by atoms with van der Waals surface area (Å²) in [4.78, 5) is 24.7. The van der Waals surface area contributed by atoms with Crippen LogP contribution in [0.1, 0.15) is 40.6 Å². The van der Waals surface area contributed by atoms with E-state index in [0.29, 0.717) is 16.9 Å². The molecule has 1 aliphatic carbocycles. The number of hydrogen-bond acceptors (Lipinski definition) is 3. The van der Waals surface area contributed by atoms with Crippen LogP contribution in [-0.4, -0.2) is 20.1 Å². The van der Waals surface area contributed by atoms with E-state index in [4.69, 9.17) is 0 Å². The molecule has 0 saturated heterocycles. The molecule has 0 amide bonds. The van der Waals surface area contributed by atoms with Crippen molar-refractivity contribution in [3.63, 3.8) is 0 Å². The van der Waals surface area contributed by atoms with Crippen molar-refractivity contribution < 1.29 is 4.79 Å². The summed E-state index contributed by atoms with van der Waals surface area (Å²) in [6.07, 6.45) is 3.66. The van der Waals surface area contributed by atoms with Crippen LogP contribution in [-0.2, 0) is 6.54 Å². The third-order valence-corrected chi connectivity index (χ3v) is 4.75. The van der Waals surface area contributed by atoms with Crippen molar-refractivity contribution in [3.8, 4) is 0 Å². The molecule has 1 aliphatic rings. The standard InChI is InChI=1S/C19H19N3O2/c1-12-9-16(13(2)22(12)14-7-8-14)19(24)11-21-17-6-4-3-5-15(17)18(23)10-20-21/h3-6,9-10,14H,7-8,11H2,1-2H3. The zero-order valence-corrected chi connectivity index (χ0v) is 13.8. The molecule has 5 heteroatoms. The molecule has 0 spiro atoms. The highest BCUT2D eigenvalue weighted by molar-refractivity contribution is 5.98. The molecule has 0 radical (unpaired) electrons. The normalized spacial score (nSPS) is 14.2. The number of rotatable bonds is 4. The van der Waals surface area contributed by atoms with E-state index in [1.165, 1.54) is 19.0 Å². The maximum Gasteiger partial charge on any atom is 0.207 e. The third kappa shape index (κ3) is 2.37. The van der Waals surface area contributed by atoms with Crippen molar-refractivity contribution in [1.82, 2.24) is 14.3 Å². The Morgan fingerprint density at radius 3 is 2.75 bits per heavy atom. The maximum absolute atomic E-state index is 12.8. The number of fused-ring (bicyclic) bond motifs is 1. The van der Waals surface area contributed by atoms with Crippen LogP contribution in [0, 0.1) is 13.8 Å². The Labute approximate surface area is 139 Å². The predicted molar refractivity (Wildman–Crippen MR) is 92.5 cm³/mol. The van der Waals surface area contributed by atoms with E-state index in [1.807, 2.05) is 31.2 Å². The fourth-order valence-electron chi connectivity index (χ4n) is 3.46. The number of aromatic nitrogens is 3. The molecule has 0 unspecified atom stereocenters. The molecule has 1 aromatic carbocycles. The molecule has 2 aromatic heterocycles. The first-order chi connectivity index (χ1) is 11.6. The number of hydrogen-bond donors (Lipinski definition) is 0. The van der Waals surface area contributed by atoms with Gasteiger partial charge in [-0.3, -0.25) is 14.3 Å². The summed E-state index contributed by atoms with van der Waals surface area (Å²) in [5.41, 5.74) is 3.49. The zero-order chi connectivity index (χ0) is 16.8. The molecule has 0 bridgehead atoms. The van der Waals surface area contributed by atoms with Crippen LogP contribution >= 0.6 is 0 Å². The smallest absolute Gasteiger partial charge is 0.207 e. The number of nitrogens with zero attached hydrogens (tertiary/aromatic N) is 3. The Bertz CT molecular complexity index is 1010. The van der Waals surface area contributed by atoms with E-state index in [-0.39, 0.29) is 17.8 Å². The molecule has 0 N–H and O–H groups in total. The van der Waals surface area contributed by atoms with E-state index in [9.17, 15) is 9.59 Å². The van der Waals surface area contributed by atoms with Crippen molar-refractivity contribution in [1.29, 1.82) is 0 Å². The fourth-order valence-corrected chi connectivity index (χ4v) is 3.46. The zero-order valence-electron chi connectivity index (χ0n) is 13.8. The van der Waals surface area contributed by atoms with Crippen LogP contribution in [0.5, 0.6) is 0 Å². The summed E-state index contributed by atoms with van der Waals surface area (Å²) in [7, 11) is 0. The Morgan fingerprint density at radius 1 is 1.25 bits per heavy atom. The summed E-state index contributed by atoms with van der Waals surface area (Å²) in [6.45, 7) is 4.19. The molecule has 0 atom stereocenters. The summed E-state index contributed by atoms with van der Waals surface area (Å²) < 4.78 is 3.88. The van der Waals surface area contributed by atoms with Gasteiger partial charge < -0.3 is 4.57 Å². The van der Waals surface area contributed by atoms with E-state index < -0.39 is 0 Å². The van der Waals surface area contributed by atoms with Gasteiger partial charge in [0.1, 0.15) is 6.54 Å². The van der Waals surface area contributed by atoms with Gasteiger partial charge in [-0.1, -0.05) is 12.1 Å². The summed E-state index contributed by atoms with van der Waals surface area (Å²) >= 11 is 0. The lowest BCUT2D eigenvalue weighted by molar-refractivity contribution is 0.0968. The van der Waals surface area contributed by atoms with E-state index >= 15 is 0 Å². The monoisotopic (exact) mass is 321 g/mol. The van der Waals surface area contributed by atoms with Crippen molar-refractivity contribution in [3.05, 3.63) is 63.7 Å². The van der Waals surface area contributed by atoms with Gasteiger partial charge in [0, 0.05) is 28.4 Å². The Hall–Kier alpha value is -2.69. The van der Waals surface area contributed by atoms with Crippen LogP contribution in [0.15, 0.2) is 41.3 Å². The van der Waals surface area contributed by atoms with Crippen LogP contribution in [0.25, 0.3) is 10.9 Å². The molecule has 24 heavy (non-hydrogen) atoms. The van der Waals surface area contributed by atoms with Gasteiger partial charge in [-0.2, -0.15) is 5.10 Å². The molecule has 1 saturated carbocycles. The number of ketones is 1. The number of carbonyl (C=O) groups excluding carboxylic acids is 1. The largest absolute Gasteiger partial charge is 0.345 e. The molecule has 122 valence electrons. The number of para-hydroxylation sites is 1. The van der Waals surface area contributed by atoms with Crippen LogP contribution in [0.3, 0.4) is 0 Å². The Morgan fingerprint density at radius 2 is 2.00 bits per heavy atom. The Kier molecular flexibility index (Phi) is 3.37. The molecule has 1 fully saturated rings. The van der Waals surface area contributed by atoms with Gasteiger partial charge in [-0.05, 0) is 44.9 Å². The Balaban J connectivity index is 1.72. The average Bonchev–Trinajstić information content (AvgIpc) is 3.35. The van der Waals surface area contributed by atoms with Gasteiger partial charge in [0.25, 0.3) is 0 Å². The molecular weight excluding hydrogens is 302 g/mol. The fraction of sp³-hybridized carbons (Fsp3) is 0.316. The molecule has 2 heterocycles. The summed E-state index contributed by atoms with van der Waals surface area (Å²) in [5.74, 6) is 0.0244. The van der Waals surface area contributed by atoms with Crippen LogP contribution in [0.4, 0.5) is 0 Å². The van der Waals surface area contributed by atoms with Crippen LogP contribution < -0.4 is 5.43 Å². The highest BCUT2D eigenvalue weighted by Gasteiger charge is 2.28. The second kappa shape index (κ2) is 5.44. The molecular formula is C19H19N3O2. The van der Waals surface area contributed by atoms with Gasteiger partial charge in [0.2, 0.25) is 5.43 Å². The van der Waals surface area contributed by atoms with Crippen molar-refractivity contribution in [2.45, 2.75) is 39.3 Å². The first kappa shape index (κ1) is 14.9. The second-order valence-corrected chi connectivity index (χ2v) is 6.49. The summed E-state index contributed by atoms with van der Waals surface area (Å²) in [5, 5.41) is 4.74. The van der Waals surface area contributed by atoms with E-state index in [0.717, 1.165) is 17.0 Å². The second-order valence-electron chi connectivity index (χ2n) is 6.49. The minimum atomic E-state index is -0.124. The minimum Gasteiger partial charge on any atom is -0.345 e. The average molecular weight is 321 g/mol. The van der Waals surface area contributed by atoms with Gasteiger partial charge in [-0.15, -0.1) is 0 Å². The topological polar surface area (TPSA) is 56.9 Å². The van der Waals surface area contributed by atoms with Gasteiger partial charge >= 0.3 is 0 Å². The van der Waals surface area contributed by atoms with E-state index in [1.54, 1.807) is 10.7 Å². The predicted octanol–water partition coefficient (Wildman–Crippen LogP) is 3.03. The molecule has 5 nitrogen and oxygen atoms in total.